The summed E-state index contributed by atoms with van der Waals surface area (Å²) < 4.78 is 15.9. The molecule has 1 heterocycles. The summed E-state index contributed by atoms with van der Waals surface area (Å²) in [5.74, 6) is 0.963. The van der Waals surface area contributed by atoms with E-state index in [1.807, 2.05) is 66.7 Å². The summed E-state index contributed by atoms with van der Waals surface area (Å²) in [6.07, 6.45) is 0. The summed E-state index contributed by atoms with van der Waals surface area (Å²) in [7, 11) is 1.62. The Bertz CT molecular complexity index is 1080. The van der Waals surface area contributed by atoms with Gasteiger partial charge in [-0.1, -0.05) is 47.6 Å². The number of hydrogen-bond donors (Lipinski definition) is 0. The van der Waals surface area contributed by atoms with Crippen LogP contribution < -0.4 is 4.74 Å². The molecule has 0 spiro atoms. The molecule has 0 N–H and O–H groups in total. The third kappa shape index (κ3) is 4.35. The Balaban J connectivity index is 1.38. The predicted octanol–water partition coefficient (Wildman–Crippen LogP) is 5.37. The van der Waals surface area contributed by atoms with Crippen LogP contribution in [0.1, 0.15) is 16.1 Å². The van der Waals surface area contributed by atoms with Crippen molar-refractivity contribution in [3.8, 4) is 28.2 Å². The molecule has 1 aromatic heterocycles. The Morgan fingerprint density at radius 1 is 0.862 bits per heavy atom. The van der Waals surface area contributed by atoms with E-state index in [0.29, 0.717) is 17.0 Å². The van der Waals surface area contributed by atoms with Gasteiger partial charge in [-0.3, -0.25) is 0 Å². The smallest absolute Gasteiger partial charge is 0.338 e. The van der Waals surface area contributed by atoms with Crippen molar-refractivity contribution in [1.29, 1.82) is 0 Å². The number of carbonyl (C=O) groups excluding carboxylic acids is 1. The molecule has 3 aromatic carbocycles. The topological polar surface area (TPSA) is 61.6 Å². The van der Waals surface area contributed by atoms with Gasteiger partial charge in [-0.15, -0.1) is 0 Å². The van der Waals surface area contributed by atoms with Gasteiger partial charge in [0.25, 0.3) is 0 Å². The molecule has 4 rings (SSSR count). The van der Waals surface area contributed by atoms with Crippen LogP contribution in [0.15, 0.2) is 89.5 Å². The van der Waals surface area contributed by atoms with Gasteiger partial charge in [0.1, 0.15) is 18.1 Å². The van der Waals surface area contributed by atoms with Gasteiger partial charge < -0.3 is 14.0 Å². The van der Waals surface area contributed by atoms with E-state index in [4.69, 9.17) is 14.0 Å². The molecule has 29 heavy (non-hydrogen) atoms. The zero-order chi connectivity index (χ0) is 20.1. The first-order valence-corrected chi connectivity index (χ1v) is 9.15. The maximum absolute atomic E-state index is 12.3. The molecule has 5 heteroatoms. The lowest BCUT2D eigenvalue weighted by Crippen LogP contribution is -2.05. The number of methoxy groups -OCH3 is 1. The largest absolute Gasteiger partial charge is 0.497 e. The molecule has 5 nitrogen and oxygen atoms in total. The average Bonchev–Trinajstić information content (AvgIpc) is 3.27. The van der Waals surface area contributed by atoms with Gasteiger partial charge in [0.2, 0.25) is 0 Å². The minimum atomic E-state index is -0.404. The van der Waals surface area contributed by atoms with Crippen LogP contribution in [0.25, 0.3) is 22.5 Å². The van der Waals surface area contributed by atoms with Crippen LogP contribution in [0.3, 0.4) is 0 Å². The van der Waals surface area contributed by atoms with E-state index in [1.165, 1.54) is 0 Å². The van der Waals surface area contributed by atoms with Crippen LogP contribution in [0.4, 0.5) is 0 Å². The highest BCUT2D eigenvalue weighted by Gasteiger charge is 2.11. The first kappa shape index (κ1) is 18.5. The number of benzene rings is 3. The summed E-state index contributed by atoms with van der Waals surface area (Å²) in [6.45, 7) is 0.0406. The molecule has 0 aliphatic heterocycles. The number of rotatable bonds is 6. The third-order valence-electron chi connectivity index (χ3n) is 4.51. The molecule has 0 aliphatic carbocycles. The van der Waals surface area contributed by atoms with Crippen molar-refractivity contribution in [3.05, 3.63) is 96.2 Å². The molecule has 0 aliphatic rings. The van der Waals surface area contributed by atoms with E-state index in [0.717, 1.165) is 22.4 Å². The highest BCUT2D eigenvalue weighted by atomic mass is 16.5. The van der Waals surface area contributed by atoms with Gasteiger partial charge in [0.05, 0.1) is 12.7 Å². The highest BCUT2D eigenvalue weighted by molar-refractivity contribution is 5.90. The Morgan fingerprint density at radius 2 is 1.52 bits per heavy atom. The Morgan fingerprint density at radius 3 is 2.21 bits per heavy atom. The molecule has 0 saturated heterocycles. The number of ether oxygens (including phenoxy) is 2. The van der Waals surface area contributed by atoms with E-state index in [2.05, 4.69) is 5.16 Å². The number of carbonyl (C=O) groups is 1. The van der Waals surface area contributed by atoms with Gasteiger partial charge in [-0.05, 0) is 47.5 Å². The third-order valence-corrected chi connectivity index (χ3v) is 4.51. The SMILES string of the molecule is COc1ccc(-c2cc(COC(=O)c3ccc(-c4ccccc4)cc3)no2)cc1. The minimum absolute atomic E-state index is 0.0406. The van der Waals surface area contributed by atoms with E-state index in [9.17, 15) is 4.79 Å². The van der Waals surface area contributed by atoms with Crippen molar-refractivity contribution in [2.75, 3.05) is 7.11 Å². The van der Waals surface area contributed by atoms with Crippen LogP contribution >= 0.6 is 0 Å². The lowest BCUT2D eigenvalue weighted by Gasteiger charge is -2.05. The summed E-state index contributed by atoms with van der Waals surface area (Å²) >= 11 is 0. The van der Waals surface area contributed by atoms with Gasteiger partial charge in [0, 0.05) is 11.6 Å². The summed E-state index contributed by atoms with van der Waals surface area (Å²) in [4.78, 5) is 12.3. The second-order valence-corrected chi connectivity index (χ2v) is 6.43. The van der Waals surface area contributed by atoms with Crippen molar-refractivity contribution in [3.63, 3.8) is 0 Å². The zero-order valence-electron chi connectivity index (χ0n) is 15.9. The Kier molecular flexibility index (Phi) is 5.38. The second-order valence-electron chi connectivity index (χ2n) is 6.43. The lowest BCUT2D eigenvalue weighted by atomic mass is 10.0. The number of nitrogens with zero attached hydrogens (tertiary/aromatic N) is 1. The first-order chi connectivity index (χ1) is 14.2. The number of aromatic nitrogens is 1. The monoisotopic (exact) mass is 385 g/mol. The second kappa shape index (κ2) is 8.44. The van der Waals surface area contributed by atoms with Gasteiger partial charge in [-0.2, -0.15) is 0 Å². The van der Waals surface area contributed by atoms with E-state index in [-0.39, 0.29) is 6.61 Å². The molecule has 144 valence electrons. The minimum Gasteiger partial charge on any atom is -0.497 e. The van der Waals surface area contributed by atoms with E-state index >= 15 is 0 Å². The van der Waals surface area contributed by atoms with Crippen LogP contribution in [-0.2, 0) is 11.3 Å². The van der Waals surface area contributed by atoms with Crippen molar-refractivity contribution in [1.82, 2.24) is 5.16 Å². The van der Waals surface area contributed by atoms with Crippen LogP contribution in [-0.4, -0.2) is 18.2 Å². The van der Waals surface area contributed by atoms with Crippen LogP contribution in [0.2, 0.25) is 0 Å². The molecule has 0 saturated carbocycles. The molecule has 4 aromatic rings. The molecule has 0 fully saturated rings. The van der Waals surface area contributed by atoms with Crippen molar-refractivity contribution in [2.45, 2.75) is 6.61 Å². The fourth-order valence-electron chi connectivity index (χ4n) is 2.92. The molecular weight excluding hydrogens is 366 g/mol. The molecule has 0 radical (unpaired) electrons. The quantitative estimate of drug-likeness (QED) is 0.417. The normalized spacial score (nSPS) is 10.5. The van der Waals surface area contributed by atoms with Gasteiger partial charge >= 0.3 is 5.97 Å². The fourth-order valence-corrected chi connectivity index (χ4v) is 2.92. The van der Waals surface area contributed by atoms with Gasteiger partial charge in [0.15, 0.2) is 5.76 Å². The number of hydrogen-bond acceptors (Lipinski definition) is 5. The molecular formula is C24H19NO4. The van der Waals surface area contributed by atoms with E-state index in [1.54, 1.807) is 25.3 Å². The highest BCUT2D eigenvalue weighted by Crippen LogP contribution is 2.24. The molecule has 0 bridgehead atoms. The van der Waals surface area contributed by atoms with Crippen molar-refractivity contribution < 1.29 is 18.8 Å². The molecule has 0 amide bonds. The fraction of sp³-hybridized carbons (Fsp3) is 0.0833. The summed E-state index contributed by atoms with van der Waals surface area (Å²) in [5.41, 5.74) is 4.05. The summed E-state index contributed by atoms with van der Waals surface area (Å²) in [6, 6.07) is 26.5. The zero-order valence-corrected chi connectivity index (χ0v) is 15.9. The predicted molar refractivity (Wildman–Crippen MR) is 109 cm³/mol. The molecule has 0 unspecified atom stereocenters. The lowest BCUT2D eigenvalue weighted by molar-refractivity contribution is 0.0464. The molecule has 0 atom stereocenters. The van der Waals surface area contributed by atoms with Crippen LogP contribution in [0.5, 0.6) is 5.75 Å². The average molecular weight is 385 g/mol. The Hall–Kier alpha value is -3.86. The van der Waals surface area contributed by atoms with Crippen LogP contribution in [0, 0.1) is 0 Å². The van der Waals surface area contributed by atoms with Crippen molar-refractivity contribution in [2.24, 2.45) is 0 Å². The standard InChI is InChI=1S/C24H19NO4/c1-27-22-13-11-19(12-14-22)23-15-21(25-29-23)16-28-24(26)20-9-7-18(8-10-20)17-5-3-2-4-6-17/h2-15H,16H2,1H3. The van der Waals surface area contributed by atoms with E-state index < -0.39 is 5.97 Å². The maximum atomic E-state index is 12.3. The van der Waals surface area contributed by atoms with Crippen molar-refractivity contribution >= 4 is 5.97 Å². The Labute approximate surface area is 168 Å². The maximum Gasteiger partial charge on any atom is 0.338 e. The summed E-state index contributed by atoms with van der Waals surface area (Å²) in [5, 5.41) is 3.97. The number of esters is 1. The van der Waals surface area contributed by atoms with Gasteiger partial charge in [-0.25, -0.2) is 4.79 Å². The first-order valence-electron chi connectivity index (χ1n) is 9.15.